The Bertz CT molecular complexity index is 107. The largest absolute Gasteiger partial charge is 0.0654 e. The maximum absolute atomic E-state index is 2.39. The predicted molar refractivity (Wildman–Crippen MR) is 73.3 cm³/mol. The fraction of sp³-hybridized carbons (Fsp3) is 1.00. The van der Waals surface area contributed by atoms with Crippen molar-refractivity contribution in [1.82, 2.24) is 0 Å². The van der Waals surface area contributed by atoms with Gasteiger partial charge in [-0.1, -0.05) is 80.6 Å². The fourth-order valence-electron chi connectivity index (χ4n) is 1.50. The van der Waals surface area contributed by atoms with Gasteiger partial charge in [-0.25, -0.2) is 0 Å². The number of hydrogen-bond donors (Lipinski definition) is 0. The van der Waals surface area contributed by atoms with Crippen LogP contribution >= 0.6 is 0 Å². The van der Waals surface area contributed by atoms with Crippen LogP contribution in [0.4, 0.5) is 0 Å². The van der Waals surface area contributed by atoms with Gasteiger partial charge in [0.25, 0.3) is 0 Å². The highest BCUT2D eigenvalue weighted by Crippen LogP contribution is 2.30. The molecule has 15 heavy (non-hydrogen) atoms. The van der Waals surface area contributed by atoms with Gasteiger partial charge in [0, 0.05) is 0 Å². The summed E-state index contributed by atoms with van der Waals surface area (Å²) in [6.07, 6.45) is 8.04. The molecule has 0 spiro atoms. The minimum Gasteiger partial charge on any atom is -0.0654 e. The summed E-state index contributed by atoms with van der Waals surface area (Å²) in [4.78, 5) is 0. The van der Waals surface area contributed by atoms with E-state index in [1.54, 1.807) is 0 Å². The van der Waals surface area contributed by atoms with Gasteiger partial charge < -0.3 is 0 Å². The van der Waals surface area contributed by atoms with Crippen molar-refractivity contribution < 1.29 is 0 Å². The van der Waals surface area contributed by atoms with Crippen LogP contribution in [0.25, 0.3) is 0 Å². The van der Waals surface area contributed by atoms with Gasteiger partial charge in [-0.2, -0.15) is 0 Å². The van der Waals surface area contributed by atoms with Crippen LogP contribution in [0.15, 0.2) is 0 Å². The third-order valence-corrected chi connectivity index (χ3v) is 3.95. The summed E-state index contributed by atoms with van der Waals surface area (Å²) in [6, 6.07) is 0. The lowest BCUT2D eigenvalue weighted by Gasteiger charge is -2.25. The Kier molecular flexibility index (Phi) is 12.2. The van der Waals surface area contributed by atoms with Crippen LogP contribution in [0.5, 0.6) is 0 Å². The van der Waals surface area contributed by atoms with Crippen LogP contribution in [0.2, 0.25) is 0 Å². The molecule has 0 aliphatic rings. The van der Waals surface area contributed by atoms with Gasteiger partial charge >= 0.3 is 0 Å². The molecule has 0 aromatic heterocycles. The smallest absolute Gasteiger partial charge is 0.0331 e. The van der Waals surface area contributed by atoms with Gasteiger partial charge in [-0.05, 0) is 17.8 Å². The lowest BCUT2D eigenvalue weighted by molar-refractivity contribution is 0.270. The second-order valence-corrected chi connectivity index (χ2v) is 5.19. The molecule has 0 rings (SSSR count). The molecule has 0 unspecified atom stereocenters. The first-order valence-corrected chi connectivity index (χ1v) is 6.99. The summed E-state index contributed by atoms with van der Waals surface area (Å²) in [5.74, 6) is 0.935. The molecule has 94 valence electrons. The van der Waals surface area contributed by atoms with Gasteiger partial charge in [-0.3, -0.25) is 0 Å². The minimum absolute atomic E-state index is 0.634. The van der Waals surface area contributed by atoms with Crippen molar-refractivity contribution in [2.45, 2.75) is 87.0 Å². The molecule has 0 amide bonds. The highest BCUT2D eigenvalue weighted by molar-refractivity contribution is 4.69. The average molecular weight is 214 g/mol. The van der Waals surface area contributed by atoms with Crippen molar-refractivity contribution in [3.8, 4) is 0 Å². The molecule has 0 saturated heterocycles. The van der Waals surface area contributed by atoms with E-state index in [0.29, 0.717) is 5.41 Å². The first kappa shape index (κ1) is 17.4. The first-order valence-electron chi connectivity index (χ1n) is 6.99. The molecule has 0 aliphatic heterocycles. The second kappa shape index (κ2) is 10.5. The Morgan fingerprint density at radius 2 is 1.27 bits per heavy atom. The topological polar surface area (TPSA) is 0 Å². The van der Waals surface area contributed by atoms with E-state index in [1.807, 2.05) is 0 Å². The van der Waals surface area contributed by atoms with E-state index in [-0.39, 0.29) is 0 Å². The van der Waals surface area contributed by atoms with Crippen molar-refractivity contribution in [3.63, 3.8) is 0 Å². The van der Waals surface area contributed by atoms with Gasteiger partial charge in [0.2, 0.25) is 0 Å². The van der Waals surface area contributed by atoms with E-state index >= 15 is 0 Å². The summed E-state index contributed by atoms with van der Waals surface area (Å²) in [7, 11) is 0. The molecule has 0 radical (unpaired) electrons. The first-order chi connectivity index (χ1) is 6.99. The molecular formula is C15H34. The lowest BCUT2D eigenvalue weighted by atomic mass is 9.81. The summed E-state index contributed by atoms with van der Waals surface area (Å²) in [5, 5.41) is 0. The molecule has 0 N–H and O–H groups in total. The minimum atomic E-state index is 0.634. The van der Waals surface area contributed by atoms with Gasteiger partial charge in [0.1, 0.15) is 0 Å². The zero-order valence-electron chi connectivity index (χ0n) is 12.3. The quantitative estimate of drug-likeness (QED) is 0.504. The fourth-order valence-corrected chi connectivity index (χ4v) is 1.50. The molecule has 0 nitrogen and oxygen atoms in total. The Morgan fingerprint density at radius 3 is 1.33 bits per heavy atom. The molecular weight excluding hydrogens is 180 g/mol. The van der Waals surface area contributed by atoms with Crippen molar-refractivity contribution >= 4 is 0 Å². The lowest BCUT2D eigenvalue weighted by Crippen LogP contribution is -2.12. The van der Waals surface area contributed by atoms with Crippen molar-refractivity contribution in [2.24, 2.45) is 11.3 Å². The van der Waals surface area contributed by atoms with E-state index < -0.39 is 0 Å². The van der Waals surface area contributed by atoms with E-state index in [4.69, 9.17) is 0 Å². The molecule has 0 bridgehead atoms. The molecule has 0 heteroatoms. The van der Waals surface area contributed by atoms with Crippen LogP contribution in [0.1, 0.15) is 87.0 Å². The van der Waals surface area contributed by atoms with Gasteiger partial charge in [0.15, 0.2) is 0 Å². The summed E-state index contributed by atoms with van der Waals surface area (Å²) in [5.41, 5.74) is 0.634. The van der Waals surface area contributed by atoms with Crippen molar-refractivity contribution in [3.05, 3.63) is 0 Å². The summed E-state index contributed by atoms with van der Waals surface area (Å²) >= 11 is 0. The van der Waals surface area contributed by atoms with E-state index in [2.05, 4.69) is 48.5 Å². The Labute approximate surface area is 98.9 Å². The SMILES string of the molecule is CCC(C)CC.CCCC(C)(CC)CC. The molecule has 0 fully saturated rings. The third kappa shape index (κ3) is 10.3. The van der Waals surface area contributed by atoms with Crippen LogP contribution in [-0.4, -0.2) is 0 Å². The van der Waals surface area contributed by atoms with Gasteiger partial charge in [0.05, 0.1) is 0 Å². The summed E-state index contributed by atoms with van der Waals surface area (Å²) in [6.45, 7) is 16.0. The maximum atomic E-state index is 2.39. The predicted octanol–water partition coefficient (Wildman–Crippen LogP) is 6.06. The highest BCUT2D eigenvalue weighted by Gasteiger charge is 2.16. The Morgan fingerprint density at radius 1 is 0.867 bits per heavy atom. The third-order valence-electron chi connectivity index (χ3n) is 3.95. The standard InChI is InChI=1S/C9H20.C6H14/c1-5-8-9(4,6-2)7-3;1-4-6(3)5-2/h5-8H2,1-4H3;6H,4-5H2,1-3H3. The maximum Gasteiger partial charge on any atom is -0.0331 e. The van der Waals surface area contributed by atoms with E-state index in [9.17, 15) is 0 Å². The second-order valence-electron chi connectivity index (χ2n) is 5.19. The van der Waals surface area contributed by atoms with Crippen LogP contribution in [0.3, 0.4) is 0 Å². The van der Waals surface area contributed by atoms with E-state index in [0.717, 1.165) is 5.92 Å². The average Bonchev–Trinajstić information content (AvgIpc) is 2.29. The van der Waals surface area contributed by atoms with Crippen LogP contribution in [0, 0.1) is 11.3 Å². The highest BCUT2D eigenvalue weighted by atomic mass is 14.2. The molecule has 0 aromatic rings. The molecule has 0 atom stereocenters. The zero-order chi connectivity index (χ0) is 12.3. The van der Waals surface area contributed by atoms with E-state index in [1.165, 1.54) is 38.5 Å². The van der Waals surface area contributed by atoms with Gasteiger partial charge in [-0.15, -0.1) is 0 Å². The number of hydrogen-bond acceptors (Lipinski definition) is 0. The normalized spacial score (nSPS) is 11.2. The zero-order valence-corrected chi connectivity index (χ0v) is 12.3. The van der Waals surface area contributed by atoms with Crippen molar-refractivity contribution in [2.75, 3.05) is 0 Å². The Hall–Kier alpha value is 0. The van der Waals surface area contributed by atoms with Crippen molar-refractivity contribution in [1.29, 1.82) is 0 Å². The Balaban J connectivity index is 0. The van der Waals surface area contributed by atoms with Crippen LogP contribution in [-0.2, 0) is 0 Å². The molecule has 0 saturated carbocycles. The number of rotatable bonds is 6. The molecule has 0 heterocycles. The van der Waals surface area contributed by atoms with Crippen LogP contribution < -0.4 is 0 Å². The molecule has 0 aliphatic carbocycles. The monoisotopic (exact) mass is 214 g/mol. The molecule has 0 aromatic carbocycles. The summed E-state index contributed by atoms with van der Waals surface area (Å²) < 4.78 is 0.